The predicted octanol–water partition coefficient (Wildman–Crippen LogP) is 2.20. The summed E-state index contributed by atoms with van der Waals surface area (Å²) in [6, 6.07) is 13.5. The van der Waals surface area contributed by atoms with Gasteiger partial charge in [0.05, 0.1) is 0 Å². The van der Waals surface area contributed by atoms with E-state index in [1.807, 2.05) is 41.3 Å². The van der Waals surface area contributed by atoms with Crippen molar-refractivity contribution < 1.29 is 19.2 Å². The molecule has 1 aliphatic carbocycles. The zero-order valence-electron chi connectivity index (χ0n) is 25.5. The average molecular weight is 612 g/mol. The quantitative estimate of drug-likeness (QED) is 0.170. The summed E-state index contributed by atoms with van der Waals surface area (Å²) in [7, 11) is 0. The maximum Gasteiger partial charge on any atom is 0.317 e. The van der Waals surface area contributed by atoms with Gasteiger partial charge in [0.15, 0.2) is 0 Å². The van der Waals surface area contributed by atoms with Crippen molar-refractivity contribution in [2.75, 3.05) is 43.4 Å². The molecule has 5 amide bonds. The second-order valence-electron chi connectivity index (χ2n) is 12.3. The zero-order chi connectivity index (χ0) is 31.3. The molecule has 6 rings (SSSR count). The van der Waals surface area contributed by atoms with Crippen LogP contribution in [-0.4, -0.2) is 84.4 Å². The van der Waals surface area contributed by atoms with Crippen LogP contribution in [0.5, 0.6) is 0 Å². The van der Waals surface area contributed by atoms with Crippen molar-refractivity contribution in [1.29, 1.82) is 0 Å². The average Bonchev–Trinajstić information content (AvgIpc) is 3.37. The van der Waals surface area contributed by atoms with Crippen LogP contribution in [0.15, 0.2) is 42.5 Å². The van der Waals surface area contributed by atoms with E-state index >= 15 is 0 Å². The fourth-order valence-electron chi connectivity index (χ4n) is 6.72. The van der Waals surface area contributed by atoms with E-state index in [0.29, 0.717) is 44.1 Å². The lowest BCUT2D eigenvalue weighted by Crippen LogP contribution is -2.54. The number of anilines is 2. The van der Waals surface area contributed by atoms with Gasteiger partial charge in [-0.3, -0.25) is 19.7 Å². The Morgan fingerprint density at radius 3 is 2.40 bits per heavy atom. The Morgan fingerprint density at radius 2 is 1.67 bits per heavy atom. The van der Waals surface area contributed by atoms with Gasteiger partial charge >= 0.3 is 6.03 Å². The van der Waals surface area contributed by atoms with Crippen LogP contribution in [0.2, 0.25) is 0 Å². The standard InChI is InChI=1S/C34H41N7O4/c35-25-5-11-28(12-6-25)39-17-19-40(20-18-39)34(45)37-27-9-7-26(8-10-27)36-16-2-1-3-23-4-13-29-24(21-23)22-41(33(29)44)30-14-15-31(42)38-32(30)43/h4-6,11-13,21,26-27,30,36H,2,7-10,14-20,22,35H2,(H,37,45)(H,38,42,43). The Balaban J connectivity index is 0.882. The molecule has 0 aromatic heterocycles. The van der Waals surface area contributed by atoms with Crippen LogP contribution >= 0.6 is 0 Å². The molecule has 3 aliphatic heterocycles. The number of nitrogens with one attached hydrogen (secondary N) is 3. The van der Waals surface area contributed by atoms with E-state index in [2.05, 4.69) is 32.7 Å². The largest absolute Gasteiger partial charge is 0.399 e. The first-order valence-corrected chi connectivity index (χ1v) is 16.0. The summed E-state index contributed by atoms with van der Waals surface area (Å²) in [5.41, 5.74) is 9.99. The van der Waals surface area contributed by atoms with Gasteiger partial charge in [-0.25, -0.2) is 4.79 Å². The molecule has 3 heterocycles. The number of carbonyl (C=O) groups is 4. The molecule has 236 valence electrons. The molecule has 11 nitrogen and oxygen atoms in total. The number of hydrogen-bond donors (Lipinski definition) is 4. The number of benzene rings is 2. The van der Waals surface area contributed by atoms with Crippen LogP contribution < -0.4 is 26.6 Å². The van der Waals surface area contributed by atoms with Gasteiger partial charge in [0.25, 0.3) is 5.91 Å². The number of urea groups is 1. The number of imide groups is 1. The second kappa shape index (κ2) is 13.6. The highest BCUT2D eigenvalue weighted by Gasteiger charge is 2.39. The minimum atomic E-state index is -0.614. The number of nitrogen functional groups attached to an aromatic ring is 1. The second-order valence-corrected chi connectivity index (χ2v) is 12.3. The molecule has 2 saturated heterocycles. The van der Waals surface area contributed by atoms with Gasteiger partial charge in [-0.2, -0.15) is 0 Å². The molecule has 0 spiro atoms. The van der Waals surface area contributed by atoms with Crippen molar-refractivity contribution in [1.82, 2.24) is 25.8 Å². The van der Waals surface area contributed by atoms with Gasteiger partial charge in [-0.05, 0) is 80.1 Å². The normalized spacial score (nSPS) is 23.2. The summed E-state index contributed by atoms with van der Waals surface area (Å²) < 4.78 is 0. The van der Waals surface area contributed by atoms with E-state index in [1.165, 1.54) is 0 Å². The fourth-order valence-corrected chi connectivity index (χ4v) is 6.72. The zero-order valence-corrected chi connectivity index (χ0v) is 25.5. The van der Waals surface area contributed by atoms with Crippen molar-refractivity contribution in [2.24, 2.45) is 0 Å². The van der Waals surface area contributed by atoms with Crippen LogP contribution in [0.25, 0.3) is 0 Å². The summed E-state index contributed by atoms with van der Waals surface area (Å²) in [6.07, 6.45) is 5.26. The molecule has 2 aromatic rings. The molecule has 4 aliphatic rings. The van der Waals surface area contributed by atoms with Crippen LogP contribution in [0.1, 0.15) is 66.4 Å². The summed E-state index contributed by atoms with van der Waals surface area (Å²) in [5, 5.41) is 9.20. The Labute approximate surface area is 263 Å². The molecular formula is C34H41N7O4. The topological polar surface area (TPSA) is 140 Å². The number of amides is 5. The lowest BCUT2D eigenvalue weighted by atomic mass is 9.91. The van der Waals surface area contributed by atoms with Crippen molar-refractivity contribution in [3.8, 4) is 11.8 Å². The first-order valence-electron chi connectivity index (χ1n) is 16.0. The van der Waals surface area contributed by atoms with E-state index in [-0.39, 0.29) is 30.3 Å². The molecule has 0 radical (unpaired) electrons. The van der Waals surface area contributed by atoms with Gasteiger partial charge in [0.1, 0.15) is 6.04 Å². The van der Waals surface area contributed by atoms with E-state index in [4.69, 9.17) is 5.73 Å². The van der Waals surface area contributed by atoms with Gasteiger partial charge in [0.2, 0.25) is 11.8 Å². The van der Waals surface area contributed by atoms with Gasteiger partial charge in [0, 0.05) is 86.7 Å². The smallest absolute Gasteiger partial charge is 0.317 e. The summed E-state index contributed by atoms with van der Waals surface area (Å²) in [6.45, 7) is 4.18. The number of piperidine rings is 1. The minimum Gasteiger partial charge on any atom is -0.399 e. The van der Waals surface area contributed by atoms with Crippen molar-refractivity contribution in [2.45, 2.75) is 69.6 Å². The van der Waals surface area contributed by atoms with Crippen molar-refractivity contribution >= 4 is 35.1 Å². The highest BCUT2D eigenvalue weighted by Crippen LogP contribution is 2.28. The molecular weight excluding hydrogens is 570 g/mol. The SMILES string of the molecule is Nc1ccc(N2CCN(C(=O)NC3CCC(NCCC#Cc4ccc5c(c4)CN(C4CCC(=O)NC4=O)C5=O)CC3)CC2)cc1. The Bertz CT molecular complexity index is 1500. The van der Waals surface area contributed by atoms with Gasteiger partial charge in [-0.15, -0.1) is 0 Å². The number of carbonyl (C=O) groups excluding carboxylic acids is 4. The fraction of sp³-hybridized carbons (Fsp3) is 0.471. The minimum absolute atomic E-state index is 0.0400. The summed E-state index contributed by atoms with van der Waals surface area (Å²) in [5.74, 6) is 5.57. The van der Waals surface area contributed by atoms with Gasteiger partial charge in [-0.1, -0.05) is 11.8 Å². The molecule has 45 heavy (non-hydrogen) atoms. The first kappa shape index (κ1) is 30.5. The molecule has 0 bridgehead atoms. The number of rotatable bonds is 6. The Kier molecular flexibility index (Phi) is 9.21. The highest BCUT2D eigenvalue weighted by molar-refractivity contribution is 6.05. The summed E-state index contributed by atoms with van der Waals surface area (Å²) in [4.78, 5) is 55.3. The monoisotopic (exact) mass is 611 g/mol. The van der Waals surface area contributed by atoms with Crippen molar-refractivity contribution in [3.05, 3.63) is 59.2 Å². The maximum atomic E-state index is 12.9. The molecule has 3 fully saturated rings. The maximum absolute atomic E-state index is 12.9. The lowest BCUT2D eigenvalue weighted by molar-refractivity contribution is -0.136. The van der Waals surface area contributed by atoms with Gasteiger partial charge < -0.3 is 31.1 Å². The van der Waals surface area contributed by atoms with Crippen LogP contribution in [0.3, 0.4) is 0 Å². The van der Waals surface area contributed by atoms with E-state index in [0.717, 1.165) is 67.8 Å². The molecule has 2 aromatic carbocycles. The third-order valence-electron chi connectivity index (χ3n) is 9.32. The summed E-state index contributed by atoms with van der Waals surface area (Å²) >= 11 is 0. The third kappa shape index (κ3) is 7.23. The van der Waals surface area contributed by atoms with E-state index < -0.39 is 11.9 Å². The Hall–Kier alpha value is -4.56. The third-order valence-corrected chi connectivity index (χ3v) is 9.32. The molecule has 1 saturated carbocycles. The number of fused-ring (bicyclic) bond motifs is 1. The molecule has 1 unspecified atom stereocenters. The van der Waals surface area contributed by atoms with Crippen LogP contribution in [0.4, 0.5) is 16.2 Å². The first-order chi connectivity index (χ1) is 21.8. The molecule has 11 heteroatoms. The highest BCUT2D eigenvalue weighted by atomic mass is 16.2. The number of hydrogen-bond acceptors (Lipinski definition) is 7. The lowest BCUT2D eigenvalue weighted by Gasteiger charge is -2.37. The number of nitrogens with two attached hydrogens (primary N) is 1. The molecule has 5 N–H and O–H groups in total. The van der Waals surface area contributed by atoms with E-state index in [1.54, 1.807) is 11.0 Å². The van der Waals surface area contributed by atoms with Crippen LogP contribution in [-0.2, 0) is 16.1 Å². The molecule has 1 atom stereocenters. The Morgan fingerprint density at radius 1 is 0.933 bits per heavy atom. The number of piperazine rings is 1. The van der Waals surface area contributed by atoms with E-state index in [9.17, 15) is 19.2 Å². The van der Waals surface area contributed by atoms with Crippen LogP contribution in [0, 0.1) is 11.8 Å². The van der Waals surface area contributed by atoms with Crippen molar-refractivity contribution in [3.63, 3.8) is 0 Å². The number of nitrogens with zero attached hydrogens (tertiary/aromatic N) is 3. The predicted molar refractivity (Wildman–Crippen MR) is 171 cm³/mol.